The van der Waals surface area contributed by atoms with Crippen molar-refractivity contribution < 1.29 is 9.53 Å². The molecular formula is C16H31N3O2. The van der Waals surface area contributed by atoms with E-state index in [1.165, 1.54) is 38.6 Å². The number of ether oxygens (including phenoxy) is 1. The lowest BCUT2D eigenvalue weighted by Crippen LogP contribution is -2.47. The van der Waals surface area contributed by atoms with Gasteiger partial charge in [-0.2, -0.15) is 0 Å². The summed E-state index contributed by atoms with van der Waals surface area (Å²) in [5.74, 6) is 0.598. The Bertz CT molecular complexity index is 331. The third kappa shape index (κ3) is 5.15. The normalized spacial score (nSPS) is 25.1. The van der Waals surface area contributed by atoms with Gasteiger partial charge in [-0.1, -0.05) is 6.42 Å². The Morgan fingerprint density at radius 3 is 2.76 bits per heavy atom. The molecule has 122 valence electrons. The first kappa shape index (κ1) is 16.6. The minimum absolute atomic E-state index is 0.00748. The molecule has 0 radical (unpaired) electrons. The van der Waals surface area contributed by atoms with E-state index in [0.717, 1.165) is 32.7 Å². The zero-order valence-corrected chi connectivity index (χ0v) is 13.6. The van der Waals surface area contributed by atoms with Gasteiger partial charge in [0.1, 0.15) is 0 Å². The number of carbonyl (C=O) groups is 1. The number of carbonyl (C=O) groups excluding carboxylic acids is 1. The van der Waals surface area contributed by atoms with Crippen molar-refractivity contribution in [3.8, 4) is 0 Å². The van der Waals surface area contributed by atoms with E-state index in [0.29, 0.717) is 11.3 Å². The first-order valence-electron chi connectivity index (χ1n) is 8.33. The molecule has 1 saturated carbocycles. The molecule has 0 aromatic carbocycles. The number of likely N-dealkylation sites (tertiary alicyclic amines) is 1. The summed E-state index contributed by atoms with van der Waals surface area (Å²) < 4.78 is 5.18. The summed E-state index contributed by atoms with van der Waals surface area (Å²) in [5.41, 5.74) is 0.290. The molecule has 2 N–H and O–H groups in total. The molecule has 5 heteroatoms. The van der Waals surface area contributed by atoms with Gasteiger partial charge < -0.3 is 20.3 Å². The standard InChI is InChI=1S/C16H31N3O2/c1-19-9-3-5-14(12-19)11-17-15(20)18-13-16(6-4-7-16)8-10-21-2/h14H,3-13H2,1-2H3,(H2,17,18,20)/t14-/m0/s1. The Morgan fingerprint density at radius 1 is 1.33 bits per heavy atom. The van der Waals surface area contributed by atoms with Crippen molar-refractivity contribution >= 4 is 6.03 Å². The van der Waals surface area contributed by atoms with E-state index in [1.807, 2.05) is 0 Å². The van der Waals surface area contributed by atoms with Crippen LogP contribution in [0.1, 0.15) is 38.5 Å². The molecular weight excluding hydrogens is 266 g/mol. The molecule has 0 aromatic heterocycles. The van der Waals surface area contributed by atoms with Crippen LogP contribution in [0.15, 0.2) is 0 Å². The van der Waals surface area contributed by atoms with Gasteiger partial charge in [0.25, 0.3) is 0 Å². The summed E-state index contributed by atoms with van der Waals surface area (Å²) in [5, 5.41) is 6.11. The molecule has 0 bridgehead atoms. The molecule has 0 unspecified atom stereocenters. The van der Waals surface area contributed by atoms with Gasteiger partial charge in [0.2, 0.25) is 0 Å². The van der Waals surface area contributed by atoms with Crippen LogP contribution in [0, 0.1) is 11.3 Å². The summed E-state index contributed by atoms with van der Waals surface area (Å²) in [6.07, 6.45) is 7.22. The number of methoxy groups -OCH3 is 1. The highest BCUT2D eigenvalue weighted by Crippen LogP contribution is 2.43. The third-order valence-electron chi connectivity index (χ3n) is 5.15. The average Bonchev–Trinajstić information content (AvgIpc) is 2.44. The van der Waals surface area contributed by atoms with Crippen molar-refractivity contribution in [1.29, 1.82) is 0 Å². The van der Waals surface area contributed by atoms with Crippen molar-refractivity contribution in [3.05, 3.63) is 0 Å². The lowest BCUT2D eigenvalue weighted by molar-refractivity contribution is 0.0711. The van der Waals surface area contributed by atoms with E-state index in [4.69, 9.17) is 4.74 Å². The van der Waals surface area contributed by atoms with E-state index >= 15 is 0 Å². The zero-order valence-electron chi connectivity index (χ0n) is 13.6. The predicted molar refractivity (Wildman–Crippen MR) is 84.4 cm³/mol. The molecule has 2 aliphatic rings. The molecule has 1 aliphatic heterocycles. The van der Waals surface area contributed by atoms with Gasteiger partial charge >= 0.3 is 6.03 Å². The minimum atomic E-state index is -0.00748. The number of hydrogen-bond donors (Lipinski definition) is 2. The predicted octanol–water partition coefficient (Wildman–Crippen LogP) is 1.83. The number of amides is 2. The summed E-state index contributed by atoms with van der Waals surface area (Å²) in [6.45, 7) is 4.65. The molecule has 2 amide bonds. The number of urea groups is 1. The Morgan fingerprint density at radius 2 is 2.14 bits per heavy atom. The molecule has 5 nitrogen and oxygen atoms in total. The second kappa shape index (κ2) is 7.99. The minimum Gasteiger partial charge on any atom is -0.385 e. The fraction of sp³-hybridized carbons (Fsp3) is 0.938. The van der Waals surface area contributed by atoms with Crippen LogP contribution in [0.3, 0.4) is 0 Å². The molecule has 1 aliphatic carbocycles. The van der Waals surface area contributed by atoms with Gasteiger partial charge in [-0.05, 0) is 57.0 Å². The van der Waals surface area contributed by atoms with Crippen LogP contribution in [0.5, 0.6) is 0 Å². The van der Waals surface area contributed by atoms with Gasteiger partial charge in [0, 0.05) is 33.4 Å². The summed E-state index contributed by atoms with van der Waals surface area (Å²) in [7, 11) is 3.90. The highest BCUT2D eigenvalue weighted by Gasteiger charge is 2.36. The fourth-order valence-electron chi connectivity index (χ4n) is 3.52. The number of hydrogen-bond acceptors (Lipinski definition) is 3. The van der Waals surface area contributed by atoms with Gasteiger partial charge in [-0.15, -0.1) is 0 Å². The van der Waals surface area contributed by atoms with Gasteiger partial charge in [0.15, 0.2) is 0 Å². The van der Waals surface area contributed by atoms with Gasteiger partial charge in [-0.25, -0.2) is 4.79 Å². The Kier molecular flexibility index (Phi) is 6.30. The Labute approximate surface area is 128 Å². The van der Waals surface area contributed by atoms with E-state index < -0.39 is 0 Å². The Hall–Kier alpha value is -0.810. The molecule has 0 spiro atoms. The van der Waals surface area contributed by atoms with Crippen LogP contribution in [0.4, 0.5) is 4.79 Å². The van der Waals surface area contributed by atoms with Crippen LogP contribution < -0.4 is 10.6 Å². The molecule has 1 saturated heterocycles. The lowest BCUT2D eigenvalue weighted by atomic mass is 9.67. The molecule has 21 heavy (non-hydrogen) atoms. The van der Waals surface area contributed by atoms with Crippen LogP contribution in [0.25, 0.3) is 0 Å². The van der Waals surface area contributed by atoms with Crippen molar-refractivity contribution in [1.82, 2.24) is 15.5 Å². The van der Waals surface area contributed by atoms with Gasteiger partial charge in [0.05, 0.1) is 0 Å². The number of nitrogens with zero attached hydrogens (tertiary/aromatic N) is 1. The second-order valence-electron chi connectivity index (χ2n) is 6.93. The maximum absolute atomic E-state index is 12.0. The van der Waals surface area contributed by atoms with Crippen molar-refractivity contribution in [3.63, 3.8) is 0 Å². The molecule has 2 rings (SSSR count). The quantitative estimate of drug-likeness (QED) is 0.754. The largest absolute Gasteiger partial charge is 0.385 e. The highest BCUT2D eigenvalue weighted by molar-refractivity contribution is 5.73. The third-order valence-corrected chi connectivity index (χ3v) is 5.15. The van der Waals surface area contributed by atoms with Crippen LogP contribution in [-0.2, 0) is 4.74 Å². The van der Waals surface area contributed by atoms with E-state index in [9.17, 15) is 4.79 Å². The van der Waals surface area contributed by atoms with E-state index in [1.54, 1.807) is 7.11 Å². The fourth-order valence-corrected chi connectivity index (χ4v) is 3.52. The highest BCUT2D eigenvalue weighted by atomic mass is 16.5. The second-order valence-corrected chi connectivity index (χ2v) is 6.93. The molecule has 2 fully saturated rings. The van der Waals surface area contributed by atoms with E-state index in [-0.39, 0.29) is 6.03 Å². The van der Waals surface area contributed by atoms with E-state index in [2.05, 4.69) is 22.6 Å². The maximum Gasteiger partial charge on any atom is 0.314 e. The number of piperidine rings is 1. The summed E-state index contributed by atoms with van der Waals surface area (Å²) in [6, 6.07) is -0.00748. The monoisotopic (exact) mass is 297 g/mol. The van der Waals surface area contributed by atoms with Crippen molar-refractivity contribution in [2.24, 2.45) is 11.3 Å². The van der Waals surface area contributed by atoms with Crippen LogP contribution in [0.2, 0.25) is 0 Å². The van der Waals surface area contributed by atoms with Crippen LogP contribution in [-0.4, -0.2) is 57.9 Å². The summed E-state index contributed by atoms with van der Waals surface area (Å²) >= 11 is 0. The lowest BCUT2D eigenvalue weighted by Gasteiger charge is -2.42. The first-order chi connectivity index (χ1) is 10.1. The summed E-state index contributed by atoms with van der Waals surface area (Å²) in [4.78, 5) is 14.3. The number of rotatable bonds is 7. The zero-order chi connectivity index (χ0) is 15.1. The van der Waals surface area contributed by atoms with Crippen LogP contribution >= 0.6 is 0 Å². The molecule has 1 atom stereocenters. The first-order valence-corrected chi connectivity index (χ1v) is 8.33. The number of nitrogens with one attached hydrogen (secondary N) is 2. The topological polar surface area (TPSA) is 53.6 Å². The smallest absolute Gasteiger partial charge is 0.314 e. The van der Waals surface area contributed by atoms with Crippen molar-refractivity contribution in [2.45, 2.75) is 38.5 Å². The molecule has 0 aromatic rings. The van der Waals surface area contributed by atoms with Crippen molar-refractivity contribution in [2.75, 3.05) is 46.9 Å². The average molecular weight is 297 g/mol. The SMILES string of the molecule is COCCC1(CNC(=O)NC[C@@H]2CCCN(C)C2)CCC1. The maximum atomic E-state index is 12.0. The molecule has 1 heterocycles. The Balaban J connectivity index is 1.62. The van der Waals surface area contributed by atoms with Gasteiger partial charge in [-0.3, -0.25) is 0 Å².